The molecule has 0 atom stereocenters. The van der Waals surface area contributed by atoms with Crippen molar-refractivity contribution in [2.45, 2.75) is 0 Å². The number of hydrogen-bond donors (Lipinski definition) is 1. The lowest BCUT2D eigenvalue weighted by molar-refractivity contribution is 0.102. The van der Waals surface area contributed by atoms with Crippen LogP contribution in [-0.4, -0.2) is 25.7 Å². The number of amides is 1. The molecule has 27 heavy (non-hydrogen) atoms. The molecule has 4 aromatic rings. The Kier molecular flexibility index (Phi) is 4.63. The van der Waals surface area contributed by atoms with E-state index in [2.05, 4.69) is 20.4 Å². The van der Waals surface area contributed by atoms with E-state index in [0.29, 0.717) is 22.0 Å². The minimum atomic E-state index is -0.192. The predicted octanol–water partition coefficient (Wildman–Crippen LogP) is 4.24. The van der Waals surface area contributed by atoms with Crippen LogP contribution in [-0.2, 0) is 0 Å². The van der Waals surface area contributed by atoms with E-state index in [1.807, 2.05) is 36.4 Å². The maximum atomic E-state index is 12.5. The van der Waals surface area contributed by atoms with Crippen LogP contribution in [0.5, 0.6) is 0 Å². The van der Waals surface area contributed by atoms with Crippen LogP contribution in [0.3, 0.4) is 0 Å². The SMILES string of the molecule is O=C(Nc1ccc(-n2cncn2)cc1)c1ccc(-c2ncccc2Cl)cc1. The highest BCUT2D eigenvalue weighted by Crippen LogP contribution is 2.25. The second-order valence-electron chi connectivity index (χ2n) is 5.75. The molecule has 2 aromatic heterocycles. The van der Waals surface area contributed by atoms with E-state index in [0.717, 1.165) is 11.3 Å². The topological polar surface area (TPSA) is 72.7 Å². The summed E-state index contributed by atoms with van der Waals surface area (Å²) >= 11 is 6.17. The van der Waals surface area contributed by atoms with Gasteiger partial charge in [0.15, 0.2) is 0 Å². The number of carbonyl (C=O) groups excluding carboxylic acids is 1. The van der Waals surface area contributed by atoms with Crippen molar-refractivity contribution in [3.8, 4) is 16.9 Å². The summed E-state index contributed by atoms with van der Waals surface area (Å²) in [6.07, 6.45) is 4.77. The molecule has 2 aromatic carbocycles. The van der Waals surface area contributed by atoms with E-state index in [1.165, 1.54) is 6.33 Å². The summed E-state index contributed by atoms with van der Waals surface area (Å²) in [5.74, 6) is -0.192. The van der Waals surface area contributed by atoms with Gasteiger partial charge in [-0.25, -0.2) is 9.67 Å². The first-order chi connectivity index (χ1) is 13.2. The molecule has 7 heteroatoms. The minimum Gasteiger partial charge on any atom is -0.322 e. The molecule has 6 nitrogen and oxygen atoms in total. The third-order valence-electron chi connectivity index (χ3n) is 3.99. The second-order valence-corrected chi connectivity index (χ2v) is 6.16. The summed E-state index contributed by atoms with van der Waals surface area (Å²) in [5.41, 5.74) is 3.65. The largest absolute Gasteiger partial charge is 0.322 e. The molecule has 0 spiro atoms. The van der Waals surface area contributed by atoms with Crippen molar-refractivity contribution in [3.05, 3.63) is 90.1 Å². The van der Waals surface area contributed by atoms with Crippen LogP contribution in [0.4, 0.5) is 5.69 Å². The minimum absolute atomic E-state index is 0.192. The molecule has 0 aliphatic rings. The number of rotatable bonds is 4. The number of nitrogens with zero attached hydrogens (tertiary/aromatic N) is 4. The third-order valence-corrected chi connectivity index (χ3v) is 4.29. The smallest absolute Gasteiger partial charge is 0.255 e. The highest BCUT2D eigenvalue weighted by atomic mass is 35.5. The highest BCUT2D eigenvalue weighted by Gasteiger charge is 2.09. The lowest BCUT2D eigenvalue weighted by atomic mass is 10.1. The van der Waals surface area contributed by atoms with E-state index >= 15 is 0 Å². The fraction of sp³-hybridized carbons (Fsp3) is 0. The predicted molar refractivity (Wildman–Crippen MR) is 104 cm³/mol. The van der Waals surface area contributed by atoms with Crippen LogP contribution < -0.4 is 5.32 Å². The van der Waals surface area contributed by atoms with Gasteiger partial charge in [0.05, 0.1) is 16.4 Å². The van der Waals surface area contributed by atoms with Crippen molar-refractivity contribution in [3.63, 3.8) is 0 Å². The molecule has 0 saturated carbocycles. The average molecular weight is 376 g/mol. The molecule has 0 fully saturated rings. The summed E-state index contributed by atoms with van der Waals surface area (Å²) in [5, 5.41) is 7.51. The standard InChI is InChI=1S/C20H14ClN5O/c21-18-2-1-11-23-19(18)14-3-5-15(6-4-14)20(27)25-16-7-9-17(10-8-16)26-13-22-12-24-26/h1-13H,(H,25,27). The fourth-order valence-electron chi connectivity index (χ4n) is 2.62. The van der Waals surface area contributed by atoms with Crippen LogP contribution in [0.15, 0.2) is 79.5 Å². The monoisotopic (exact) mass is 375 g/mol. The highest BCUT2D eigenvalue weighted by molar-refractivity contribution is 6.33. The van der Waals surface area contributed by atoms with Crippen molar-refractivity contribution >= 4 is 23.2 Å². The van der Waals surface area contributed by atoms with Crippen LogP contribution >= 0.6 is 11.6 Å². The van der Waals surface area contributed by atoms with Gasteiger partial charge in [-0.1, -0.05) is 23.7 Å². The van der Waals surface area contributed by atoms with Gasteiger partial charge in [-0.3, -0.25) is 9.78 Å². The number of halogens is 1. The molecular formula is C20H14ClN5O. The van der Waals surface area contributed by atoms with Gasteiger partial charge in [0.2, 0.25) is 0 Å². The van der Waals surface area contributed by atoms with Crippen molar-refractivity contribution < 1.29 is 4.79 Å². The Morgan fingerprint density at radius 3 is 2.44 bits per heavy atom. The quantitative estimate of drug-likeness (QED) is 0.579. The van der Waals surface area contributed by atoms with Gasteiger partial charge in [-0.2, -0.15) is 5.10 Å². The number of anilines is 1. The van der Waals surface area contributed by atoms with E-state index in [-0.39, 0.29) is 5.91 Å². The summed E-state index contributed by atoms with van der Waals surface area (Å²) in [7, 11) is 0. The number of aromatic nitrogens is 4. The van der Waals surface area contributed by atoms with Crippen LogP contribution in [0.2, 0.25) is 5.02 Å². The first kappa shape index (κ1) is 16.9. The number of pyridine rings is 1. The number of carbonyl (C=O) groups is 1. The molecule has 4 rings (SSSR count). The Labute approximate surface area is 160 Å². The normalized spacial score (nSPS) is 10.6. The number of hydrogen-bond acceptors (Lipinski definition) is 4. The second kappa shape index (κ2) is 7.39. The Bertz CT molecular complexity index is 1060. The summed E-state index contributed by atoms with van der Waals surface area (Å²) in [6.45, 7) is 0. The van der Waals surface area contributed by atoms with Gasteiger partial charge in [0.1, 0.15) is 12.7 Å². The van der Waals surface area contributed by atoms with Crippen molar-refractivity contribution in [2.75, 3.05) is 5.32 Å². The van der Waals surface area contributed by atoms with Crippen LogP contribution in [0, 0.1) is 0 Å². The van der Waals surface area contributed by atoms with Gasteiger partial charge < -0.3 is 5.32 Å². The van der Waals surface area contributed by atoms with E-state index < -0.39 is 0 Å². The zero-order valence-corrected chi connectivity index (χ0v) is 14.8. The average Bonchev–Trinajstić information content (AvgIpc) is 3.24. The summed E-state index contributed by atoms with van der Waals surface area (Å²) in [4.78, 5) is 20.7. The first-order valence-corrected chi connectivity index (χ1v) is 8.56. The molecule has 0 aliphatic carbocycles. The maximum absolute atomic E-state index is 12.5. The fourth-order valence-corrected chi connectivity index (χ4v) is 2.85. The summed E-state index contributed by atoms with van der Waals surface area (Å²) in [6, 6.07) is 18.1. The van der Waals surface area contributed by atoms with Gasteiger partial charge in [0.25, 0.3) is 5.91 Å². The Hall–Kier alpha value is -3.51. The van der Waals surface area contributed by atoms with Gasteiger partial charge in [-0.15, -0.1) is 0 Å². The van der Waals surface area contributed by atoms with Crippen LogP contribution in [0.25, 0.3) is 16.9 Å². The Morgan fingerprint density at radius 1 is 1.00 bits per heavy atom. The van der Waals surface area contributed by atoms with E-state index in [4.69, 9.17) is 11.6 Å². The van der Waals surface area contributed by atoms with Crippen molar-refractivity contribution in [1.29, 1.82) is 0 Å². The molecule has 0 unspecified atom stereocenters. The van der Waals surface area contributed by atoms with E-state index in [1.54, 1.807) is 41.5 Å². The van der Waals surface area contributed by atoms with Gasteiger partial charge in [-0.05, 0) is 48.5 Å². The van der Waals surface area contributed by atoms with Gasteiger partial charge in [0, 0.05) is 23.0 Å². The van der Waals surface area contributed by atoms with E-state index in [9.17, 15) is 4.79 Å². The van der Waals surface area contributed by atoms with Crippen molar-refractivity contribution in [2.24, 2.45) is 0 Å². The lowest BCUT2D eigenvalue weighted by Gasteiger charge is -2.08. The lowest BCUT2D eigenvalue weighted by Crippen LogP contribution is -2.11. The zero-order valence-electron chi connectivity index (χ0n) is 14.1. The first-order valence-electron chi connectivity index (χ1n) is 8.18. The summed E-state index contributed by atoms with van der Waals surface area (Å²) < 4.78 is 1.65. The Morgan fingerprint density at radius 2 is 1.78 bits per heavy atom. The van der Waals surface area contributed by atoms with Gasteiger partial charge >= 0.3 is 0 Å². The van der Waals surface area contributed by atoms with Crippen LogP contribution in [0.1, 0.15) is 10.4 Å². The third kappa shape index (κ3) is 3.70. The molecule has 1 N–H and O–H groups in total. The molecule has 2 heterocycles. The molecule has 0 saturated heterocycles. The zero-order chi connectivity index (χ0) is 18.6. The molecule has 132 valence electrons. The molecule has 1 amide bonds. The molecule has 0 aliphatic heterocycles. The number of nitrogens with one attached hydrogen (secondary N) is 1. The Balaban J connectivity index is 1.48. The molecule has 0 radical (unpaired) electrons. The molecular weight excluding hydrogens is 362 g/mol. The van der Waals surface area contributed by atoms with Crippen molar-refractivity contribution in [1.82, 2.24) is 19.7 Å². The molecule has 0 bridgehead atoms. The maximum Gasteiger partial charge on any atom is 0.255 e. The number of benzene rings is 2.